The predicted octanol–water partition coefficient (Wildman–Crippen LogP) is 48.9. The molecule has 2 heteroatoms. The molecule has 0 aromatic heterocycles. The first kappa shape index (κ1) is 127. The largest absolute Gasteiger partial charge is 0.493 e. The van der Waals surface area contributed by atoms with Gasteiger partial charge in [0.15, 0.2) is 0 Å². The maximum Gasteiger partial charge on any atom is 0.210 e. The van der Waals surface area contributed by atoms with Crippen molar-refractivity contribution in [2.24, 2.45) is 0 Å². The van der Waals surface area contributed by atoms with Gasteiger partial charge in [-0.25, -0.2) is 4.70 Å². The zero-order valence-electron chi connectivity index (χ0n) is 93.6. The van der Waals surface area contributed by atoms with E-state index in [1.807, 2.05) is 0 Å². The number of unbranched alkanes of at least 4 members (excludes halogenated alkanes) is 102. The van der Waals surface area contributed by atoms with Crippen molar-refractivity contribution in [3.63, 3.8) is 0 Å². The summed E-state index contributed by atoms with van der Waals surface area (Å²) in [6.07, 6.45) is 161. The van der Waals surface area contributed by atoms with E-state index in [2.05, 4.69) is 77.1 Å². The van der Waals surface area contributed by atoms with Crippen molar-refractivity contribution in [1.29, 1.82) is 0 Å². The second-order valence-corrected chi connectivity index (χ2v) is 45.6. The summed E-state index contributed by atoms with van der Waals surface area (Å²) in [5.41, 5.74) is 25.0. The molecular weight excluding hydrogens is 1630 g/mol. The first-order valence-corrected chi connectivity index (χ1v) is 64.2. The zero-order valence-corrected chi connectivity index (χ0v) is 93.6. The monoisotopic (exact) mass is 1870 g/mol. The van der Waals surface area contributed by atoms with Crippen LogP contribution in [0.25, 0.3) is 16.9 Å². The van der Waals surface area contributed by atoms with Gasteiger partial charge in [-0.2, -0.15) is 0 Å². The number of hydrogen-bond acceptors (Lipinski definition) is 0. The van der Waals surface area contributed by atoms with Gasteiger partial charge in [0, 0.05) is 22.8 Å². The van der Waals surface area contributed by atoms with Gasteiger partial charge in [0.1, 0.15) is 0 Å². The molecule has 2 aromatic carbocycles. The third-order valence-corrected chi connectivity index (χ3v) is 32.1. The summed E-state index contributed by atoms with van der Waals surface area (Å²) in [6, 6.07) is 15.3. The molecule has 0 saturated carbocycles. The van der Waals surface area contributed by atoms with Crippen LogP contribution in [-0.4, -0.2) is 4.70 Å². The van der Waals surface area contributed by atoms with Crippen molar-refractivity contribution in [3.05, 3.63) is 87.0 Å². The summed E-state index contributed by atoms with van der Waals surface area (Å²) >= 11 is 0. The van der Waals surface area contributed by atoms with Crippen LogP contribution in [0.2, 0.25) is 0 Å². The normalized spacial score (nSPS) is 12.4. The molecule has 788 valence electrons. The number of rotatable bonds is 114. The van der Waals surface area contributed by atoms with Gasteiger partial charge in [-0.15, -0.1) is 0 Å². The molecule has 2 aromatic rings. The Morgan fingerprint density at radius 2 is 0.259 bits per heavy atom. The summed E-state index contributed by atoms with van der Waals surface area (Å²) in [4.78, 5) is 0. The minimum Gasteiger partial charge on any atom is -0.493 e. The van der Waals surface area contributed by atoms with E-state index >= 15 is 0 Å². The summed E-state index contributed by atoms with van der Waals surface area (Å²) in [7, 11) is 0. The fourth-order valence-corrected chi connectivity index (χ4v) is 22.8. The standard InChI is InChI=1S/C133H246N2/c1-6-11-16-20-24-28-32-36-40-44-48-52-56-60-64-68-72-76-80-84-88-92-96-100-104-109-113-125-118-126(114-110-105-101-97-93-89-85-81-77-73-69-65-61-57-53-49-45-41-37-33-29-25-21-17-12-7-2)121-130(120-125)132-124-129(117-108-15-10-5)133(135(132)134)131-122-127(115-111-106-102-98-94-90-86-82-78-74-70-66-62-58-54-50-46-42-38-34-30-26-22-18-13-8-3)119-128(123-131)116-112-107-103-99-95-91-87-83-79-75-71-67-63-59-55-51-47-43-39-35-31-27-23-19-14-9-4/h118-124H,6-117H2,1-5H3. The van der Waals surface area contributed by atoms with E-state index in [-0.39, 0.29) is 0 Å². The summed E-state index contributed by atoms with van der Waals surface area (Å²) < 4.78 is 1.71. The number of nitrogens with zero attached hydrogens (tertiary/aromatic N) is 2. The van der Waals surface area contributed by atoms with E-state index in [0.29, 0.717) is 0 Å². The lowest BCUT2D eigenvalue weighted by Crippen LogP contribution is -2.05. The van der Waals surface area contributed by atoms with Crippen LogP contribution in [0.15, 0.2) is 48.0 Å². The highest BCUT2D eigenvalue weighted by molar-refractivity contribution is 5.79. The third kappa shape index (κ3) is 83.5. The Balaban J connectivity index is 1.57. The lowest BCUT2D eigenvalue weighted by Gasteiger charge is -2.15. The molecule has 3 rings (SSSR count). The van der Waals surface area contributed by atoms with Crippen LogP contribution >= 0.6 is 0 Å². The average Bonchev–Trinajstić information content (AvgIpc) is 1.63. The van der Waals surface area contributed by atoms with Crippen molar-refractivity contribution in [3.8, 4) is 0 Å². The van der Waals surface area contributed by atoms with E-state index in [9.17, 15) is 5.53 Å². The topological polar surface area (TPSA) is 25.3 Å². The Bertz CT molecular complexity index is 2630. The van der Waals surface area contributed by atoms with Crippen LogP contribution in [0.3, 0.4) is 0 Å². The maximum absolute atomic E-state index is 13.1. The van der Waals surface area contributed by atoms with Crippen LogP contribution in [-0.2, 0) is 25.7 Å². The Morgan fingerprint density at radius 1 is 0.141 bits per heavy atom. The molecular formula is C133H246N2. The van der Waals surface area contributed by atoms with Gasteiger partial charge in [-0.3, -0.25) is 0 Å². The van der Waals surface area contributed by atoms with E-state index in [0.717, 1.165) is 43.5 Å². The minimum absolute atomic E-state index is 1.02. The van der Waals surface area contributed by atoms with Crippen LogP contribution < -0.4 is 0 Å². The Morgan fingerprint density at radius 3 is 0.407 bits per heavy atom. The zero-order chi connectivity index (χ0) is 95.9. The van der Waals surface area contributed by atoms with Crippen LogP contribution in [0.1, 0.15) is 761 Å². The Labute approximate surface area is 851 Å². The lowest BCUT2D eigenvalue weighted by atomic mass is 9.94. The van der Waals surface area contributed by atoms with Crippen molar-refractivity contribution >= 4 is 11.4 Å². The molecule has 0 radical (unpaired) electrons. The van der Waals surface area contributed by atoms with Gasteiger partial charge < -0.3 is 5.53 Å². The van der Waals surface area contributed by atoms with Crippen LogP contribution in [0.5, 0.6) is 0 Å². The highest BCUT2D eigenvalue weighted by atomic mass is 15.2. The molecule has 0 unspecified atom stereocenters. The van der Waals surface area contributed by atoms with Gasteiger partial charge >= 0.3 is 0 Å². The van der Waals surface area contributed by atoms with E-state index in [1.165, 1.54) is 726 Å². The SMILES string of the molecule is CCCCCCCCCCCCCCCCCCCCCCCCCCCCc1cc(CCCCCCCCCCCCCCCCCCCCCCCCCCCC)cc(C2=CC(CCCCC)=C(c3cc(CCCCCCCCCCCCCCCCCCCCCCCCCCCC)cc(CCCCCCCCCCCCCCCCCCCCCCCCCCCC)c3)[N+]2=[N-])c1. The van der Waals surface area contributed by atoms with E-state index in [4.69, 9.17) is 0 Å². The number of hydrogen-bond donors (Lipinski definition) is 0. The van der Waals surface area contributed by atoms with Gasteiger partial charge in [0.25, 0.3) is 0 Å². The molecule has 135 heavy (non-hydrogen) atoms. The molecule has 0 atom stereocenters. The molecule has 1 aliphatic heterocycles. The van der Waals surface area contributed by atoms with Gasteiger partial charge in [0.2, 0.25) is 11.4 Å². The van der Waals surface area contributed by atoms with Crippen molar-refractivity contribution < 1.29 is 4.70 Å². The van der Waals surface area contributed by atoms with Crippen molar-refractivity contribution in [2.45, 2.75) is 754 Å². The van der Waals surface area contributed by atoms with Crippen LogP contribution in [0.4, 0.5) is 0 Å². The van der Waals surface area contributed by atoms with Gasteiger partial charge in [0.05, 0.1) is 0 Å². The molecule has 0 aliphatic carbocycles. The Kier molecular flexibility index (Phi) is 97.9. The molecule has 1 heterocycles. The van der Waals surface area contributed by atoms with Crippen molar-refractivity contribution in [1.82, 2.24) is 0 Å². The Hall–Kier alpha value is -2.48. The summed E-state index contributed by atoms with van der Waals surface area (Å²) in [6.45, 7) is 11.7. The third-order valence-electron chi connectivity index (χ3n) is 32.1. The smallest absolute Gasteiger partial charge is 0.210 e. The molecule has 0 bridgehead atoms. The lowest BCUT2D eigenvalue weighted by molar-refractivity contribution is -0.344. The number of allylic oxidation sites excluding steroid dienone is 2. The fourth-order valence-electron chi connectivity index (χ4n) is 22.8. The second kappa shape index (κ2) is 104. The molecule has 0 spiro atoms. The van der Waals surface area contributed by atoms with E-state index < -0.39 is 0 Å². The first-order chi connectivity index (χ1) is 67.0. The maximum atomic E-state index is 13.1. The first-order valence-electron chi connectivity index (χ1n) is 64.2. The average molecular weight is 1870 g/mol. The fraction of sp³-hybridized carbons (Fsp3) is 0.880. The number of benzene rings is 2. The highest BCUT2D eigenvalue weighted by Crippen LogP contribution is 2.40. The van der Waals surface area contributed by atoms with Gasteiger partial charge in [-0.05, 0) is 111 Å². The van der Waals surface area contributed by atoms with Gasteiger partial charge in [-0.1, -0.05) is 702 Å². The predicted molar refractivity (Wildman–Crippen MR) is 613 cm³/mol. The quantitative estimate of drug-likeness (QED) is 0.0466. The highest BCUT2D eigenvalue weighted by Gasteiger charge is 2.30. The van der Waals surface area contributed by atoms with E-state index in [1.54, 1.807) is 4.70 Å². The summed E-state index contributed by atoms with van der Waals surface area (Å²) in [5.74, 6) is 0. The molecule has 0 amide bonds. The molecule has 0 fully saturated rings. The molecule has 1 aliphatic rings. The summed E-state index contributed by atoms with van der Waals surface area (Å²) in [5, 5.41) is 0. The van der Waals surface area contributed by atoms with Crippen LogP contribution in [0, 0.1) is 0 Å². The molecule has 0 N–H and O–H groups in total. The van der Waals surface area contributed by atoms with Crippen molar-refractivity contribution in [2.75, 3.05) is 0 Å². The molecule has 2 nitrogen and oxygen atoms in total. The second-order valence-electron chi connectivity index (χ2n) is 45.6. The number of aryl methyl sites for hydroxylation is 4. The molecule has 0 saturated heterocycles. The minimum atomic E-state index is 1.02.